The molecule has 1 saturated heterocycles. The highest BCUT2D eigenvalue weighted by molar-refractivity contribution is 6.32. The normalized spacial score (nSPS) is 16.9. The fourth-order valence-electron chi connectivity index (χ4n) is 4.85. The Balaban J connectivity index is 1.32. The molecule has 1 aromatic carbocycles. The topological polar surface area (TPSA) is 94.4 Å². The van der Waals surface area contributed by atoms with E-state index >= 15 is 0 Å². The van der Waals surface area contributed by atoms with E-state index in [9.17, 15) is 4.79 Å². The van der Waals surface area contributed by atoms with Crippen LogP contribution in [0.5, 0.6) is 5.75 Å². The summed E-state index contributed by atoms with van der Waals surface area (Å²) in [5.41, 5.74) is 3.76. The Morgan fingerprint density at radius 1 is 1.28 bits per heavy atom. The maximum Gasteiger partial charge on any atom is 0.318 e. The number of nitrogens with one attached hydrogen (secondary N) is 1. The highest BCUT2D eigenvalue weighted by Crippen LogP contribution is 2.31. The smallest absolute Gasteiger partial charge is 0.318 e. The Kier molecular flexibility index (Phi) is 7.38. The lowest BCUT2D eigenvalue weighted by molar-refractivity contribution is 0.0659. The maximum absolute atomic E-state index is 13.5. The third kappa shape index (κ3) is 5.47. The second kappa shape index (κ2) is 10.8. The van der Waals surface area contributed by atoms with E-state index in [1.807, 2.05) is 36.5 Å². The number of rotatable bonds is 6. The molecule has 36 heavy (non-hydrogen) atoms. The number of carbonyl (C=O) groups excluding carboxylic acids is 1. The Hall–Kier alpha value is -3.17. The Labute approximate surface area is 215 Å². The van der Waals surface area contributed by atoms with Crippen LogP contribution in [0.25, 0.3) is 0 Å². The highest BCUT2D eigenvalue weighted by Gasteiger charge is 2.27. The number of methoxy groups -OCH3 is 1. The fourth-order valence-corrected chi connectivity index (χ4v) is 5.12. The van der Waals surface area contributed by atoms with Gasteiger partial charge in [-0.1, -0.05) is 17.7 Å². The lowest BCUT2D eigenvalue weighted by Gasteiger charge is -2.30. The van der Waals surface area contributed by atoms with E-state index < -0.39 is 6.04 Å². The van der Waals surface area contributed by atoms with Gasteiger partial charge in [0.05, 0.1) is 36.6 Å². The molecule has 0 bridgehead atoms. The number of nitrogens with zero attached hydrogens (tertiary/aromatic N) is 5. The summed E-state index contributed by atoms with van der Waals surface area (Å²) in [6.07, 6.45) is 9.25. The van der Waals surface area contributed by atoms with Crippen LogP contribution in [0, 0.1) is 5.92 Å². The highest BCUT2D eigenvalue weighted by atomic mass is 35.5. The summed E-state index contributed by atoms with van der Waals surface area (Å²) < 4.78 is 12.5. The summed E-state index contributed by atoms with van der Waals surface area (Å²) in [6, 6.07) is 4.96. The summed E-state index contributed by atoms with van der Waals surface area (Å²) in [5.74, 6) is 1.99. The molecule has 1 atom stereocenters. The zero-order chi connectivity index (χ0) is 25.1. The molecule has 0 spiro atoms. The van der Waals surface area contributed by atoms with Crippen LogP contribution in [0.2, 0.25) is 5.02 Å². The van der Waals surface area contributed by atoms with E-state index in [-0.39, 0.29) is 6.03 Å². The number of hydrogen-bond donors (Lipinski definition) is 1. The van der Waals surface area contributed by atoms with Crippen molar-refractivity contribution in [3.05, 3.63) is 70.0 Å². The van der Waals surface area contributed by atoms with E-state index in [0.29, 0.717) is 29.8 Å². The van der Waals surface area contributed by atoms with Crippen molar-refractivity contribution in [3.8, 4) is 5.75 Å². The third-order valence-electron chi connectivity index (χ3n) is 6.93. The van der Waals surface area contributed by atoms with Gasteiger partial charge in [-0.25, -0.2) is 14.8 Å². The number of carbonyl (C=O) groups is 1. The minimum Gasteiger partial charge on any atom is -0.495 e. The van der Waals surface area contributed by atoms with E-state index in [1.54, 1.807) is 24.1 Å². The van der Waals surface area contributed by atoms with Gasteiger partial charge in [-0.05, 0) is 48.4 Å². The Morgan fingerprint density at radius 3 is 2.83 bits per heavy atom. The third-order valence-corrected chi connectivity index (χ3v) is 7.23. The van der Waals surface area contributed by atoms with Crippen molar-refractivity contribution in [2.45, 2.75) is 38.3 Å². The van der Waals surface area contributed by atoms with E-state index in [0.717, 1.165) is 67.1 Å². The van der Waals surface area contributed by atoms with Gasteiger partial charge < -0.3 is 19.7 Å². The standard InChI is InChI=1S/C26H31ClN6O3/c1-32-15-20(14-29-32)25(18-3-4-23(35-2)21(27)12-18)31-26(34)33-8-5-19-13-28-24(30-22(19)16-33)11-17-6-9-36-10-7-17/h3-4,12-15,17,25H,5-11,16H2,1-2H3,(H,31,34)/t25-/m0/s1. The number of halogens is 1. The predicted molar refractivity (Wildman–Crippen MR) is 135 cm³/mol. The molecule has 5 rings (SSSR count). The first-order chi connectivity index (χ1) is 17.5. The van der Waals surface area contributed by atoms with Gasteiger partial charge in [-0.2, -0.15) is 5.10 Å². The first-order valence-electron chi connectivity index (χ1n) is 12.3. The molecular formula is C26H31ClN6O3. The molecule has 190 valence electrons. The van der Waals surface area contributed by atoms with Crippen LogP contribution < -0.4 is 10.1 Å². The summed E-state index contributed by atoms with van der Waals surface area (Å²) in [7, 11) is 3.43. The van der Waals surface area contributed by atoms with Gasteiger partial charge >= 0.3 is 6.03 Å². The number of benzene rings is 1. The van der Waals surface area contributed by atoms with E-state index in [1.165, 1.54) is 0 Å². The number of hydrogen-bond acceptors (Lipinski definition) is 6. The first kappa shape index (κ1) is 24.5. The molecule has 9 nitrogen and oxygen atoms in total. The number of aryl methyl sites for hydroxylation is 1. The number of amides is 2. The maximum atomic E-state index is 13.5. The van der Waals surface area contributed by atoms with E-state index in [2.05, 4.69) is 15.4 Å². The second-order valence-corrected chi connectivity index (χ2v) is 9.82. The lowest BCUT2D eigenvalue weighted by atomic mass is 9.96. The van der Waals surface area contributed by atoms with Crippen LogP contribution in [0.3, 0.4) is 0 Å². The molecular weight excluding hydrogens is 480 g/mol. The molecule has 2 aliphatic rings. The minimum absolute atomic E-state index is 0.161. The Bertz CT molecular complexity index is 1230. The van der Waals surface area contributed by atoms with Gasteiger partial charge in [0.15, 0.2) is 0 Å². The quantitative estimate of drug-likeness (QED) is 0.543. The predicted octanol–water partition coefficient (Wildman–Crippen LogP) is 3.70. The Morgan fingerprint density at radius 2 is 2.11 bits per heavy atom. The molecule has 2 aliphatic heterocycles. The van der Waals surface area contributed by atoms with Gasteiger partial charge in [-0.15, -0.1) is 0 Å². The van der Waals surface area contributed by atoms with Gasteiger partial charge in [0.25, 0.3) is 0 Å². The van der Waals surface area contributed by atoms with Crippen molar-refractivity contribution in [3.63, 3.8) is 0 Å². The van der Waals surface area contributed by atoms with Crippen molar-refractivity contribution in [1.82, 2.24) is 30.0 Å². The average molecular weight is 511 g/mol. The largest absolute Gasteiger partial charge is 0.495 e. The number of aromatic nitrogens is 4. The minimum atomic E-state index is -0.412. The number of ether oxygens (including phenoxy) is 2. The van der Waals surface area contributed by atoms with Gasteiger partial charge in [0.2, 0.25) is 0 Å². The molecule has 0 saturated carbocycles. The molecule has 2 aromatic heterocycles. The van der Waals surface area contributed by atoms with Crippen LogP contribution in [0.4, 0.5) is 4.79 Å². The monoisotopic (exact) mass is 510 g/mol. The zero-order valence-corrected chi connectivity index (χ0v) is 21.4. The van der Waals surface area contributed by atoms with Gasteiger partial charge in [0.1, 0.15) is 11.6 Å². The van der Waals surface area contributed by atoms with Crippen molar-refractivity contribution in [2.24, 2.45) is 13.0 Å². The van der Waals surface area contributed by atoms with Gasteiger partial charge in [-0.3, -0.25) is 4.68 Å². The molecule has 1 N–H and O–H groups in total. The summed E-state index contributed by atoms with van der Waals surface area (Å²) >= 11 is 6.40. The van der Waals surface area contributed by atoms with Crippen molar-refractivity contribution >= 4 is 17.6 Å². The first-order valence-corrected chi connectivity index (χ1v) is 12.7. The molecule has 3 aromatic rings. The number of urea groups is 1. The van der Waals surface area contributed by atoms with Crippen LogP contribution in [0.15, 0.2) is 36.8 Å². The average Bonchev–Trinajstić information content (AvgIpc) is 3.33. The van der Waals surface area contributed by atoms with Crippen LogP contribution >= 0.6 is 11.6 Å². The molecule has 1 fully saturated rings. The summed E-state index contributed by atoms with van der Waals surface area (Å²) in [4.78, 5) is 24.7. The van der Waals surface area contributed by atoms with Crippen molar-refractivity contribution in [2.75, 3.05) is 26.9 Å². The number of fused-ring (bicyclic) bond motifs is 1. The molecule has 0 radical (unpaired) electrons. The molecule has 4 heterocycles. The fraction of sp³-hybridized carbons (Fsp3) is 0.462. The SMILES string of the molecule is COc1ccc([C@H](NC(=O)N2CCc3cnc(CC4CCOCC4)nc3C2)c2cnn(C)c2)cc1Cl. The van der Waals surface area contributed by atoms with Crippen molar-refractivity contribution < 1.29 is 14.3 Å². The van der Waals surface area contributed by atoms with Crippen LogP contribution in [-0.2, 0) is 31.2 Å². The van der Waals surface area contributed by atoms with E-state index in [4.69, 9.17) is 26.1 Å². The van der Waals surface area contributed by atoms with Crippen molar-refractivity contribution in [1.29, 1.82) is 0 Å². The second-order valence-electron chi connectivity index (χ2n) is 9.41. The van der Waals surface area contributed by atoms with Crippen LogP contribution in [0.1, 0.15) is 47.1 Å². The molecule has 0 unspecified atom stereocenters. The summed E-state index contributed by atoms with van der Waals surface area (Å²) in [5, 5.41) is 7.97. The van der Waals surface area contributed by atoms with Crippen LogP contribution in [-0.4, -0.2) is 57.5 Å². The summed E-state index contributed by atoms with van der Waals surface area (Å²) in [6.45, 7) is 2.67. The molecule has 2 amide bonds. The zero-order valence-electron chi connectivity index (χ0n) is 20.6. The molecule has 0 aliphatic carbocycles. The lowest BCUT2D eigenvalue weighted by Crippen LogP contribution is -2.44. The molecule has 10 heteroatoms. The van der Waals surface area contributed by atoms with Gasteiger partial charge in [0, 0.05) is 51.2 Å².